The third-order valence-corrected chi connectivity index (χ3v) is 5.84. The molecule has 40 heavy (non-hydrogen) atoms. The lowest BCUT2D eigenvalue weighted by Gasteiger charge is -2.14. The molecule has 1 aliphatic rings. The van der Waals surface area contributed by atoms with Gasteiger partial charge in [-0.1, -0.05) is 12.1 Å². The van der Waals surface area contributed by atoms with Crippen LogP contribution in [0.2, 0.25) is 0 Å². The number of rotatable bonds is 9. The second-order valence-corrected chi connectivity index (χ2v) is 8.66. The topological polar surface area (TPSA) is 220 Å². The van der Waals surface area contributed by atoms with Crippen molar-refractivity contribution in [3.63, 3.8) is 0 Å². The zero-order valence-electron chi connectivity index (χ0n) is 21.0. The van der Waals surface area contributed by atoms with Crippen LogP contribution in [0.4, 0.5) is 27.8 Å². The summed E-state index contributed by atoms with van der Waals surface area (Å²) in [6, 6.07) is 13.0. The number of aliphatic hydroxyl groups excluding tert-OH is 2. The van der Waals surface area contributed by atoms with Crippen LogP contribution < -0.4 is 27.4 Å². The Balaban J connectivity index is 1.20. The Morgan fingerprint density at radius 3 is 2.52 bits per heavy atom. The number of nitrogens with two attached hydrogens (primary N) is 1. The van der Waals surface area contributed by atoms with E-state index in [2.05, 4.69) is 25.9 Å². The maximum atomic E-state index is 12.4. The normalized spacial score (nSPS) is 18.1. The number of amides is 3. The van der Waals surface area contributed by atoms with E-state index < -0.39 is 42.7 Å². The summed E-state index contributed by atoms with van der Waals surface area (Å²) >= 11 is 0. The zero-order valence-corrected chi connectivity index (χ0v) is 21.0. The fraction of sp³-hybridized carbons (Fsp3) is 0.280. The molecule has 7 N–H and O–H groups in total. The minimum atomic E-state index is -0.979. The SMILES string of the molecule is Nc1ccccc1NC(=O)c1ccc(NC(=O)CCOC(=O)Nc2ncn([C@H]3C[C@H](O)[C@@H](CO)O3)c(=O)n2)cc1. The average molecular weight is 554 g/mol. The minimum Gasteiger partial charge on any atom is -0.449 e. The van der Waals surface area contributed by atoms with Gasteiger partial charge in [-0.15, -0.1) is 0 Å². The number of nitrogens with zero attached hydrogens (tertiary/aromatic N) is 3. The Kier molecular flexibility index (Phi) is 9.00. The maximum Gasteiger partial charge on any atom is 0.414 e. The second-order valence-electron chi connectivity index (χ2n) is 8.66. The van der Waals surface area contributed by atoms with Crippen LogP contribution in [0.3, 0.4) is 0 Å². The number of hydrogen-bond donors (Lipinski definition) is 6. The summed E-state index contributed by atoms with van der Waals surface area (Å²) in [5, 5.41) is 26.5. The molecule has 1 saturated heterocycles. The molecule has 3 amide bonds. The van der Waals surface area contributed by atoms with Crippen LogP contribution in [0.15, 0.2) is 59.7 Å². The van der Waals surface area contributed by atoms with Gasteiger partial charge in [0.05, 0.1) is 30.5 Å². The first-order valence-corrected chi connectivity index (χ1v) is 12.1. The molecule has 1 aromatic heterocycles. The van der Waals surface area contributed by atoms with Gasteiger partial charge in [0.15, 0.2) is 0 Å². The van der Waals surface area contributed by atoms with Crippen molar-refractivity contribution >= 4 is 40.9 Å². The van der Waals surface area contributed by atoms with Crippen molar-refractivity contribution < 1.29 is 34.1 Å². The molecule has 0 saturated carbocycles. The van der Waals surface area contributed by atoms with Gasteiger partial charge in [0.25, 0.3) is 5.91 Å². The summed E-state index contributed by atoms with van der Waals surface area (Å²) < 4.78 is 11.3. The molecule has 4 rings (SSSR count). The predicted octanol–water partition coefficient (Wildman–Crippen LogP) is 0.691. The van der Waals surface area contributed by atoms with Gasteiger partial charge in [0, 0.05) is 17.7 Å². The Hall–Kier alpha value is -4.86. The fourth-order valence-corrected chi connectivity index (χ4v) is 3.75. The third-order valence-electron chi connectivity index (χ3n) is 5.84. The van der Waals surface area contributed by atoms with Crippen LogP contribution in [0, 0.1) is 0 Å². The van der Waals surface area contributed by atoms with Crippen LogP contribution in [0.1, 0.15) is 29.4 Å². The van der Waals surface area contributed by atoms with E-state index in [1.165, 1.54) is 12.1 Å². The molecule has 0 spiro atoms. The second kappa shape index (κ2) is 12.8. The van der Waals surface area contributed by atoms with E-state index in [1.54, 1.807) is 36.4 Å². The molecule has 210 valence electrons. The quantitative estimate of drug-likeness (QED) is 0.202. The number of benzene rings is 2. The first kappa shape index (κ1) is 28.2. The number of nitrogen functional groups attached to an aromatic ring is 1. The molecule has 0 aliphatic carbocycles. The van der Waals surface area contributed by atoms with E-state index in [1.807, 2.05) is 0 Å². The van der Waals surface area contributed by atoms with Crippen LogP contribution in [0.5, 0.6) is 0 Å². The number of anilines is 4. The van der Waals surface area contributed by atoms with E-state index in [9.17, 15) is 24.3 Å². The molecular weight excluding hydrogens is 526 g/mol. The molecule has 15 heteroatoms. The first-order valence-electron chi connectivity index (χ1n) is 12.1. The van der Waals surface area contributed by atoms with Gasteiger partial charge >= 0.3 is 11.8 Å². The summed E-state index contributed by atoms with van der Waals surface area (Å²) in [7, 11) is 0. The average Bonchev–Trinajstić information content (AvgIpc) is 3.30. The van der Waals surface area contributed by atoms with Crippen LogP contribution in [-0.4, -0.2) is 68.1 Å². The molecular formula is C25H27N7O8. The lowest BCUT2D eigenvalue weighted by Crippen LogP contribution is -2.30. The number of carbonyl (C=O) groups excluding carboxylic acids is 3. The van der Waals surface area contributed by atoms with Gasteiger partial charge in [-0.3, -0.25) is 19.5 Å². The van der Waals surface area contributed by atoms with Crippen LogP contribution >= 0.6 is 0 Å². The zero-order chi connectivity index (χ0) is 28.6. The minimum absolute atomic E-state index is 0.0642. The molecule has 0 bridgehead atoms. The molecule has 2 heterocycles. The largest absolute Gasteiger partial charge is 0.449 e. The molecule has 0 unspecified atom stereocenters. The van der Waals surface area contributed by atoms with E-state index in [0.29, 0.717) is 22.6 Å². The van der Waals surface area contributed by atoms with Crippen molar-refractivity contribution in [1.82, 2.24) is 14.5 Å². The Morgan fingerprint density at radius 2 is 1.85 bits per heavy atom. The Morgan fingerprint density at radius 1 is 1.10 bits per heavy atom. The van der Waals surface area contributed by atoms with E-state index in [-0.39, 0.29) is 31.3 Å². The van der Waals surface area contributed by atoms with E-state index in [4.69, 9.17) is 20.3 Å². The lowest BCUT2D eigenvalue weighted by atomic mass is 10.1. The number of para-hydroxylation sites is 2. The maximum absolute atomic E-state index is 12.4. The lowest BCUT2D eigenvalue weighted by molar-refractivity contribution is -0.116. The van der Waals surface area contributed by atoms with Crippen molar-refractivity contribution in [2.45, 2.75) is 31.3 Å². The summed E-state index contributed by atoms with van der Waals surface area (Å²) in [6.45, 7) is -0.683. The fourth-order valence-electron chi connectivity index (χ4n) is 3.75. The van der Waals surface area contributed by atoms with E-state index >= 15 is 0 Å². The molecule has 15 nitrogen and oxygen atoms in total. The highest BCUT2D eigenvalue weighted by molar-refractivity contribution is 6.06. The first-order chi connectivity index (χ1) is 19.2. The molecule has 3 atom stereocenters. The summed E-state index contributed by atoms with van der Waals surface area (Å²) in [5.74, 6) is -1.13. The summed E-state index contributed by atoms with van der Waals surface area (Å²) in [4.78, 5) is 56.3. The van der Waals surface area contributed by atoms with Crippen LogP contribution in [0.25, 0.3) is 0 Å². The molecule has 0 radical (unpaired) electrons. The molecule has 2 aromatic carbocycles. The highest BCUT2D eigenvalue weighted by atomic mass is 16.6. The number of aromatic nitrogens is 3. The summed E-state index contributed by atoms with van der Waals surface area (Å²) in [6.07, 6.45) is -2.63. The number of hydrogen-bond acceptors (Lipinski definition) is 11. The van der Waals surface area contributed by atoms with Crippen molar-refractivity contribution in [3.8, 4) is 0 Å². The standard InChI is InChI=1S/C25H27N7O8/c26-16-3-1-2-4-17(16)29-22(36)14-5-7-15(8-6-14)28-20(35)9-10-39-25(38)31-23-27-13-32(24(37)30-23)21-11-18(34)19(12-33)40-21/h1-8,13,18-19,21,33-34H,9-12,26H2,(H,28,35)(H,29,36)(H,30,31,37,38)/t18-,19+,21+/m0/s1. The Bertz CT molecular complexity index is 1430. The van der Waals surface area contributed by atoms with Crippen molar-refractivity contribution in [3.05, 3.63) is 70.9 Å². The number of carbonyl (C=O) groups is 3. The monoisotopic (exact) mass is 553 g/mol. The van der Waals surface area contributed by atoms with Gasteiger partial charge in [-0.25, -0.2) is 14.6 Å². The van der Waals surface area contributed by atoms with Gasteiger partial charge < -0.3 is 36.1 Å². The van der Waals surface area contributed by atoms with Gasteiger partial charge in [-0.2, -0.15) is 4.98 Å². The molecule has 1 fully saturated rings. The highest BCUT2D eigenvalue weighted by Gasteiger charge is 2.35. The van der Waals surface area contributed by atoms with Crippen molar-refractivity contribution in [2.24, 2.45) is 0 Å². The van der Waals surface area contributed by atoms with Gasteiger partial charge in [0.2, 0.25) is 11.9 Å². The smallest absolute Gasteiger partial charge is 0.414 e. The summed E-state index contributed by atoms with van der Waals surface area (Å²) in [5.41, 5.74) is 6.75. The van der Waals surface area contributed by atoms with Crippen molar-refractivity contribution in [2.75, 3.05) is 34.9 Å². The third kappa shape index (κ3) is 7.16. The Labute approximate surface area is 227 Å². The van der Waals surface area contributed by atoms with Gasteiger partial charge in [0.1, 0.15) is 25.3 Å². The highest BCUT2D eigenvalue weighted by Crippen LogP contribution is 2.27. The molecule has 3 aromatic rings. The number of ether oxygens (including phenoxy) is 2. The predicted molar refractivity (Wildman–Crippen MR) is 141 cm³/mol. The number of nitrogens with one attached hydrogen (secondary N) is 3. The number of aliphatic hydroxyl groups is 2. The van der Waals surface area contributed by atoms with Gasteiger partial charge in [-0.05, 0) is 36.4 Å². The van der Waals surface area contributed by atoms with E-state index in [0.717, 1.165) is 10.9 Å². The van der Waals surface area contributed by atoms with Crippen LogP contribution in [-0.2, 0) is 14.3 Å². The van der Waals surface area contributed by atoms with Crippen molar-refractivity contribution in [1.29, 1.82) is 0 Å². The molecule has 1 aliphatic heterocycles.